The largest absolute Gasteiger partial charge is 0.309 e. The number of nitrogens with zero attached hydrogens (tertiary/aromatic N) is 1. The van der Waals surface area contributed by atoms with Crippen molar-refractivity contribution in [1.29, 1.82) is 0 Å². The van der Waals surface area contributed by atoms with Crippen LogP contribution in [0.4, 0.5) is 0 Å². The highest BCUT2D eigenvalue weighted by molar-refractivity contribution is 7.86. The highest BCUT2D eigenvalue weighted by Crippen LogP contribution is 2.55. The van der Waals surface area contributed by atoms with Gasteiger partial charge < -0.3 is 9.13 Å². The van der Waals surface area contributed by atoms with Crippen LogP contribution < -0.4 is 15.9 Å². The molecule has 0 fully saturated rings. The Balaban J connectivity index is 1.28. The van der Waals surface area contributed by atoms with Crippen molar-refractivity contribution in [3.8, 4) is 39.1 Å². The van der Waals surface area contributed by atoms with Crippen molar-refractivity contribution in [3.63, 3.8) is 0 Å². The first-order valence-corrected chi connectivity index (χ1v) is 18.3. The van der Waals surface area contributed by atoms with Crippen LogP contribution in [0, 0.1) is 0 Å². The van der Waals surface area contributed by atoms with Crippen LogP contribution in [0.2, 0.25) is 0 Å². The molecule has 1 aliphatic carbocycles. The summed E-state index contributed by atoms with van der Waals surface area (Å²) in [6, 6.07) is 56.0. The van der Waals surface area contributed by atoms with E-state index in [2.05, 4.69) is 140 Å². The van der Waals surface area contributed by atoms with Gasteiger partial charge in [-0.15, -0.1) is 0 Å². The second-order valence-electron chi connectivity index (χ2n) is 13.7. The highest BCUT2D eigenvalue weighted by atomic mass is 31.2. The van der Waals surface area contributed by atoms with Crippen molar-refractivity contribution in [1.82, 2.24) is 4.57 Å². The van der Waals surface area contributed by atoms with Gasteiger partial charge in [0.2, 0.25) is 0 Å². The third-order valence-electron chi connectivity index (χ3n) is 10.8. The number of fused-ring (bicyclic) bond motifs is 10. The summed E-state index contributed by atoms with van der Waals surface area (Å²) in [5, 5.41) is 5.10. The second-order valence-corrected chi connectivity index (χ2v) is 16.4. The SMILES string of the molecule is CC1(C)c2ccc(-c3ccccc3)cc2-c2cc(-n3c4ccccc4c4ccc5c(c43)-c3ccccc3P5(=O)c3ccccc3)ccc21. The van der Waals surface area contributed by atoms with Crippen molar-refractivity contribution < 1.29 is 4.57 Å². The van der Waals surface area contributed by atoms with Gasteiger partial charge in [-0.2, -0.15) is 0 Å². The lowest BCUT2D eigenvalue weighted by Gasteiger charge is -2.22. The molecule has 0 saturated carbocycles. The van der Waals surface area contributed by atoms with Crippen LogP contribution in [-0.4, -0.2) is 4.57 Å². The predicted octanol–water partition coefficient (Wildman–Crippen LogP) is 10.4. The van der Waals surface area contributed by atoms with Gasteiger partial charge in [-0.1, -0.05) is 141 Å². The summed E-state index contributed by atoms with van der Waals surface area (Å²) in [5.41, 5.74) is 13.1. The maximum atomic E-state index is 15.5. The molecule has 3 heteroatoms. The van der Waals surface area contributed by atoms with Crippen molar-refractivity contribution in [3.05, 3.63) is 169 Å². The van der Waals surface area contributed by atoms with E-state index in [4.69, 9.17) is 0 Å². The first-order chi connectivity index (χ1) is 23.5. The normalized spacial score (nSPS) is 16.9. The van der Waals surface area contributed by atoms with Gasteiger partial charge in [0, 0.05) is 43.4 Å². The van der Waals surface area contributed by atoms with Gasteiger partial charge in [-0.3, -0.25) is 0 Å². The van der Waals surface area contributed by atoms with E-state index in [1.807, 2.05) is 36.4 Å². The highest BCUT2D eigenvalue weighted by Gasteiger charge is 2.42. The smallest absolute Gasteiger partial charge is 0.172 e. The number of aromatic nitrogens is 1. The molecule has 48 heavy (non-hydrogen) atoms. The van der Waals surface area contributed by atoms with Crippen LogP contribution >= 0.6 is 7.14 Å². The molecule has 1 unspecified atom stereocenters. The molecule has 10 rings (SSSR count). The Hall–Kier alpha value is -5.43. The molecule has 8 aromatic rings. The molecule has 0 bridgehead atoms. The molecule has 1 aromatic heterocycles. The van der Waals surface area contributed by atoms with Crippen LogP contribution in [0.15, 0.2) is 158 Å². The van der Waals surface area contributed by atoms with Crippen molar-refractivity contribution in [2.24, 2.45) is 0 Å². The zero-order valence-corrected chi connectivity index (χ0v) is 27.7. The first-order valence-electron chi connectivity index (χ1n) is 16.6. The van der Waals surface area contributed by atoms with E-state index in [1.165, 1.54) is 44.2 Å². The van der Waals surface area contributed by atoms with E-state index in [0.717, 1.165) is 43.8 Å². The number of hydrogen-bond donors (Lipinski definition) is 0. The quantitative estimate of drug-likeness (QED) is 0.178. The molecule has 228 valence electrons. The summed E-state index contributed by atoms with van der Waals surface area (Å²) < 4.78 is 17.9. The van der Waals surface area contributed by atoms with Crippen LogP contribution in [0.25, 0.3) is 60.9 Å². The average Bonchev–Trinajstić information content (AvgIpc) is 3.70. The standard InChI is InChI=1S/C45H32NOP/c1-45(2)38-24-21-30(29-13-5-3-6-14-29)27-36(38)37-28-31(22-25-39(37)45)46-40-19-11-9-17-33(40)34-23-26-42-43(44(34)46)35-18-10-12-20-41(35)48(42,47)32-15-7-4-8-16-32/h3-28H,1-2H3. The van der Waals surface area contributed by atoms with Gasteiger partial charge in [0.25, 0.3) is 0 Å². The van der Waals surface area contributed by atoms with Crippen LogP contribution in [0.3, 0.4) is 0 Å². The molecule has 0 amide bonds. The van der Waals surface area contributed by atoms with Crippen molar-refractivity contribution in [2.75, 3.05) is 0 Å². The Bertz CT molecular complexity index is 2670. The lowest BCUT2D eigenvalue weighted by Crippen LogP contribution is -2.20. The topological polar surface area (TPSA) is 22.0 Å². The Morgan fingerprint density at radius 3 is 2.00 bits per heavy atom. The predicted molar refractivity (Wildman–Crippen MR) is 202 cm³/mol. The monoisotopic (exact) mass is 633 g/mol. The van der Waals surface area contributed by atoms with E-state index >= 15 is 4.57 Å². The zero-order chi connectivity index (χ0) is 32.2. The number of rotatable bonds is 3. The summed E-state index contributed by atoms with van der Waals surface area (Å²) in [5.74, 6) is 0. The van der Waals surface area contributed by atoms with Gasteiger partial charge >= 0.3 is 0 Å². The lowest BCUT2D eigenvalue weighted by atomic mass is 9.82. The Labute approximate surface area is 280 Å². The molecule has 0 saturated heterocycles. The first kappa shape index (κ1) is 27.7. The summed E-state index contributed by atoms with van der Waals surface area (Å²) in [4.78, 5) is 0. The van der Waals surface area contributed by atoms with Gasteiger partial charge in [0.1, 0.15) is 0 Å². The Morgan fingerprint density at radius 2 is 1.19 bits per heavy atom. The summed E-state index contributed by atoms with van der Waals surface area (Å²) in [6.07, 6.45) is 0. The van der Waals surface area contributed by atoms with Gasteiger partial charge in [-0.25, -0.2) is 0 Å². The zero-order valence-electron chi connectivity index (χ0n) is 26.8. The molecule has 1 atom stereocenters. The van der Waals surface area contributed by atoms with Crippen molar-refractivity contribution >= 4 is 44.9 Å². The molecule has 7 aromatic carbocycles. The van der Waals surface area contributed by atoms with E-state index in [0.29, 0.717) is 0 Å². The molecule has 2 nitrogen and oxygen atoms in total. The molecular formula is C45H32NOP. The number of para-hydroxylation sites is 1. The number of hydrogen-bond acceptors (Lipinski definition) is 1. The summed E-state index contributed by atoms with van der Waals surface area (Å²) in [6.45, 7) is 4.68. The average molecular weight is 634 g/mol. The van der Waals surface area contributed by atoms with Gasteiger partial charge in [0.15, 0.2) is 7.14 Å². The molecule has 0 radical (unpaired) electrons. The van der Waals surface area contributed by atoms with E-state index < -0.39 is 7.14 Å². The van der Waals surface area contributed by atoms with Gasteiger partial charge in [0.05, 0.1) is 11.0 Å². The Morgan fingerprint density at radius 1 is 0.521 bits per heavy atom. The van der Waals surface area contributed by atoms with Crippen molar-refractivity contribution in [2.45, 2.75) is 19.3 Å². The fourth-order valence-corrected chi connectivity index (χ4v) is 11.6. The maximum absolute atomic E-state index is 15.5. The lowest BCUT2D eigenvalue weighted by molar-refractivity contribution is 0.593. The minimum atomic E-state index is -3.08. The fourth-order valence-electron chi connectivity index (χ4n) is 8.56. The molecule has 1 aliphatic heterocycles. The molecule has 0 spiro atoms. The van der Waals surface area contributed by atoms with E-state index in [9.17, 15) is 0 Å². The third kappa shape index (κ3) is 3.56. The second kappa shape index (κ2) is 9.80. The minimum Gasteiger partial charge on any atom is -0.309 e. The maximum Gasteiger partial charge on any atom is 0.172 e. The molecule has 0 N–H and O–H groups in total. The minimum absolute atomic E-state index is 0.109. The number of benzene rings is 7. The van der Waals surface area contributed by atoms with Gasteiger partial charge in [-0.05, 0) is 69.3 Å². The van der Waals surface area contributed by atoms with E-state index in [-0.39, 0.29) is 5.41 Å². The van der Waals surface area contributed by atoms with Crippen LogP contribution in [-0.2, 0) is 9.98 Å². The fraction of sp³-hybridized carbons (Fsp3) is 0.0667. The molecule has 2 aliphatic rings. The Kier molecular flexibility index (Phi) is 5.65. The van der Waals surface area contributed by atoms with Crippen LogP contribution in [0.1, 0.15) is 25.0 Å². The van der Waals surface area contributed by atoms with E-state index in [1.54, 1.807) is 0 Å². The molecule has 2 heterocycles. The van der Waals surface area contributed by atoms with Crippen LogP contribution in [0.5, 0.6) is 0 Å². The summed E-state index contributed by atoms with van der Waals surface area (Å²) in [7, 11) is -3.08. The molecular weight excluding hydrogens is 601 g/mol. The third-order valence-corrected chi connectivity index (χ3v) is 14.0. The summed E-state index contributed by atoms with van der Waals surface area (Å²) >= 11 is 0.